The Balaban J connectivity index is 1.69. The zero-order valence-electron chi connectivity index (χ0n) is 15.2. The largest absolute Gasteiger partial charge is 0.495 e. The van der Waals surface area contributed by atoms with E-state index in [-0.39, 0.29) is 12.1 Å². The maximum atomic E-state index is 13.1. The molecule has 0 saturated heterocycles. The summed E-state index contributed by atoms with van der Waals surface area (Å²) in [4.78, 5) is 14.9. The third-order valence-electron chi connectivity index (χ3n) is 4.81. The van der Waals surface area contributed by atoms with E-state index >= 15 is 0 Å². The highest BCUT2D eigenvalue weighted by molar-refractivity contribution is 6.32. The number of carbonyl (C=O) groups is 1. The average Bonchev–Trinajstić information content (AvgIpc) is 2.96. The van der Waals surface area contributed by atoms with Crippen molar-refractivity contribution in [1.82, 2.24) is 4.90 Å². The molecule has 0 fully saturated rings. The lowest BCUT2D eigenvalue weighted by atomic mass is 10.1. The second-order valence-corrected chi connectivity index (χ2v) is 7.32. The lowest BCUT2D eigenvalue weighted by Gasteiger charge is -2.27. The van der Waals surface area contributed by atoms with Crippen LogP contribution in [0.3, 0.4) is 0 Å². The van der Waals surface area contributed by atoms with Crippen LogP contribution in [0.2, 0.25) is 10.0 Å². The van der Waals surface area contributed by atoms with Crippen molar-refractivity contribution >= 4 is 34.8 Å². The zero-order valence-corrected chi connectivity index (χ0v) is 16.7. The van der Waals surface area contributed by atoms with Crippen LogP contribution in [0.4, 0.5) is 5.69 Å². The molecule has 1 unspecified atom stereocenters. The second-order valence-electron chi connectivity index (χ2n) is 6.51. The van der Waals surface area contributed by atoms with Gasteiger partial charge in [-0.05, 0) is 35.9 Å². The summed E-state index contributed by atoms with van der Waals surface area (Å²) in [6, 6.07) is 20.6. The number of amides is 1. The lowest BCUT2D eigenvalue weighted by Crippen LogP contribution is -2.32. The highest BCUT2D eigenvalue weighted by Crippen LogP contribution is 2.37. The van der Waals surface area contributed by atoms with Gasteiger partial charge in [0.2, 0.25) is 0 Å². The fourth-order valence-corrected chi connectivity index (χ4v) is 3.87. The van der Waals surface area contributed by atoms with Crippen LogP contribution < -0.4 is 10.1 Å². The molecule has 1 amide bonds. The summed E-state index contributed by atoms with van der Waals surface area (Å²) in [5.74, 6) is 0.565. The molecule has 142 valence electrons. The highest BCUT2D eigenvalue weighted by Gasteiger charge is 2.36. The van der Waals surface area contributed by atoms with Gasteiger partial charge in [-0.1, -0.05) is 59.6 Å². The van der Waals surface area contributed by atoms with Crippen LogP contribution in [0.5, 0.6) is 5.75 Å². The molecular weight excluding hydrogens is 395 g/mol. The van der Waals surface area contributed by atoms with Crippen molar-refractivity contribution in [2.45, 2.75) is 12.7 Å². The quantitative estimate of drug-likeness (QED) is 0.578. The van der Waals surface area contributed by atoms with Crippen molar-refractivity contribution in [3.05, 3.63) is 93.5 Å². The maximum absolute atomic E-state index is 13.1. The van der Waals surface area contributed by atoms with Crippen LogP contribution in [0, 0.1) is 0 Å². The minimum absolute atomic E-state index is 0.0346. The number of fused-ring (bicyclic) bond motifs is 1. The molecule has 0 radical (unpaired) electrons. The molecule has 3 aromatic rings. The van der Waals surface area contributed by atoms with Crippen LogP contribution in [0.1, 0.15) is 27.7 Å². The lowest BCUT2D eigenvalue weighted by molar-refractivity contribution is 0.0729. The van der Waals surface area contributed by atoms with Crippen molar-refractivity contribution in [2.24, 2.45) is 0 Å². The van der Waals surface area contributed by atoms with Gasteiger partial charge in [0.1, 0.15) is 11.9 Å². The first-order chi connectivity index (χ1) is 13.6. The summed E-state index contributed by atoms with van der Waals surface area (Å²) in [7, 11) is 1.57. The van der Waals surface area contributed by atoms with Gasteiger partial charge in [0.05, 0.1) is 12.1 Å². The van der Waals surface area contributed by atoms with Crippen molar-refractivity contribution in [1.29, 1.82) is 0 Å². The number of nitrogens with one attached hydrogen (secondary N) is 1. The topological polar surface area (TPSA) is 41.6 Å². The molecule has 4 rings (SSSR count). The smallest absolute Gasteiger partial charge is 0.256 e. The fourth-order valence-electron chi connectivity index (χ4n) is 3.41. The van der Waals surface area contributed by atoms with E-state index in [0.29, 0.717) is 27.9 Å². The Morgan fingerprint density at radius 1 is 1.00 bits per heavy atom. The standard InChI is InChI=1S/C22H18Cl2N2O2/c1-28-20-11-10-15(12-19(20)24)25-21-16-7-3-4-8-17(16)22(27)26(21)13-14-6-2-5-9-18(14)23/h2-12,21,25H,13H2,1H3. The van der Waals surface area contributed by atoms with E-state index in [1.165, 1.54) is 0 Å². The predicted octanol–water partition coefficient (Wildman–Crippen LogP) is 5.77. The monoisotopic (exact) mass is 412 g/mol. The van der Waals surface area contributed by atoms with Gasteiger partial charge in [0, 0.05) is 28.4 Å². The van der Waals surface area contributed by atoms with E-state index in [2.05, 4.69) is 5.32 Å². The van der Waals surface area contributed by atoms with Crippen LogP contribution >= 0.6 is 23.2 Å². The Labute approximate surface area is 173 Å². The first-order valence-corrected chi connectivity index (χ1v) is 9.57. The number of hydrogen-bond acceptors (Lipinski definition) is 3. The predicted molar refractivity (Wildman–Crippen MR) is 112 cm³/mol. The molecule has 1 N–H and O–H groups in total. The minimum Gasteiger partial charge on any atom is -0.495 e. The summed E-state index contributed by atoms with van der Waals surface area (Å²) in [6.45, 7) is 0.398. The number of methoxy groups -OCH3 is 1. The van der Waals surface area contributed by atoms with Gasteiger partial charge in [-0.3, -0.25) is 4.79 Å². The van der Waals surface area contributed by atoms with Crippen LogP contribution in [0.15, 0.2) is 66.7 Å². The SMILES string of the molecule is COc1ccc(NC2c3ccccc3C(=O)N2Cc2ccccc2Cl)cc1Cl. The summed E-state index contributed by atoms with van der Waals surface area (Å²) in [6.07, 6.45) is -0.329. The highest BCUT2D eigenvalue weighted by atomic mass is 35.5. The molecule has 0 bridgehead atoms. The van der Waals surface area contributed by atoms with Crippen molar-refractivity contribution in [2.75, 3.05) is 12.4 Å². The molecule has 4 nitrogen and oxygen atoms in total. The van der Waals surface area contributed by atoms with E-state index in [1.807, 2.05) is 54.6 Å². The van der Waals surface area contributed by atoms with Crippen molar-refractivity contribution < 1.29 is 9.53 Å². The van der Waals surface area contributed by atoms with Gasteiger partial charge < -0.3 is 15.0 Å². The van der Waals surface area contributed by atoms with E-state index in [9.17, 15) is 4.79 Å². The molecule has 1 aliphatic rings. The first kappa shape index (κ1) is 18.7. The number of ether oxygens (including phenoxy) is 1. The number of benzene rings is 3. The minimum atomic E-state index is -0.329. The van der Waals surface area contributed by atoms with Crippen molar-refractivity contribution in [3.8, 4) is 5.75 Å². The molecule has 1 atom stereocenters. The Kier molecular flexibility index (Phi) is 5.16. The normalized spacial score (nSPS) is 15.5. The molecule has 0 aliphatic carbocycles. The Bertz CT molecular complexity index is 1040. The van der Waals surface area contributed by atoms with Gasteiger partial charge in [0.25, 0.3) is 5.91 Å². The van der Waals surface area contributed by atoms with Crippen LogP contribution in [-0.2, 0) is 6.54 Å². The Hall–Kier alpha value is -2.69. The van der Waals surface area contributed by atoms with Crippen LogP contribution in [0.25, 0.3) is 0 Å². The number of anilines is 1. The molecule has 3 aromatic carbocycles. The molecule has 1 heterocycles. The summed E-state index contributed by atoms with van der Waals surface area (Å²) < 4.78 is 5.22. The number of halogens is 2. The van der Waals surface area contributed by atoms with Gasteiger partial charge in [-0.15, -0.1) is 0 Å². The average molecular weight is 413 g/mol. The Morgan fingerprint density at radius 3 is 2.50 bits per heavy atom. The van der Waals surface area contributed by atoms with E-state index in [0.717, 1.165) is 16.8 Å². The third-order valence-corrected chi connectivity index (χ3v) is 5.48. The van der Waals surface area contributed by atoms with Crippen LogP contribution in [-0.4, -0.2) is 17.9 Å². The number of hydrogen-bond donors (Lipinski definition) is 1. The maximum Gasteiger partial charge on any atom is 0.256 e. The zero-order chi connectivity index (χ0) is 19.7. The molecule has 0 aromatic heterocycles. The van der Waals surface area contributed by atoms with E-state index in [4.69, 9.17) is 27.9 Å². The first-order valence-electron chi connectivity index (χ1n) is 8.82. The number of carbonyl (C=O) groups excluding carboxylic acids is 1. The van der Waals surface area contributed by atoms with E-state index in [1.54, 1.807) is 24.1 Å². The summed E-state index contributed by atoms with van der Waals surface area (Å²) >= 11 is 12.6. The van der Waals surface area contributed by atoms with Gasteiger partial charge in [-0.25, -0.2) is 0 Å². The van der Waals surface area contributed by atoms with Crippen molar-refractivity contribution in [3.63, 3.8) is 0 Å². The number of nitrogens with zero attached hydrogens (tertiary/aromatic N) is 1. The Morgan fingerprint density at radius 2 is 1.75 bits per heavy atom. The second kappa shape index (κ2) is 7.74. The number of rotatable bonds is 5. The summed E-state index contributed by atoms with van der Waals surface area (Å²) in [5, 5.41) is 4.57. The molecular formula is C22H18Cl2N2O2. The van der Waals surface area contributed by atoms with Gasteiger partial charge in [0.15, 0.2) is 0 Å². The molecule has 28 heavy (non-hydrogen) atoms. The van der Waals surface area contributed by atoms with Gasteiger partial charge >= 0.3 is 0 Å². The van der Waals surface area contributed by atoms with E-state index < -0.39 is 0 Å². The third kappa shape index (κ3) is 3.41. The molecule has 1 aliphatic heterocycles. The molecule has 0 saturated carbocycles. The summed E-state index contributed by atoms with van der Waals surface area (Å²) in [5.41, 5.74) is 3.30. The fraction of sp³-hybridized carbons (Fsp3) is 0.136. The molecule has 0 spiro atoms. The molecule has 6 heteroatoms. The van der Waals surface area contributed by atoms with Gasteiger partial charge in [-0.2, -0.15) is 0 Å².